The zero-order valence-corrected chi connectivity index (χ0v) is 9.10. The second kappa shape index (κ2) is 6.88. The van der Waals surface area contributed by atoms with Crippen LogP contribution in [0, 0.1) is 0 Å². The molecular weight excluding hydrogens is 205 g/mol. The van der Waals surface area contributed by atoms with E-state index in [2.05, 4.69) is 54.0 Å². The Morgan fingerprint density at radius 3 is 1.27 bits per heavy atom. The van der Waals surface area contributed by atoms with Crippen molar-refractivity contribution < 1.29 is 4.57 Å². The fourth-order valence-electron chi connectivity index (χ4n) is 1.26. The first-order valence-corrected chi connectivity index (χ1v) is 5.39. The van der Waals surface area contributed by atoms with Crippen LogP contribution in [0.1, 0.15) is 0 Å². The fourth-order valence-corrected chi connectivity index (χ4v) is 1.26. The quantitative estimate of drug-likeness (QED) is 0.743. The van der Waals surface area contributed by atoms with E-state index >= 15 is 0 Å². The SMILES string of the molecule is NP=O.c1ccc(-c2ccccc2)cc1. The number of nitrogens with two attached hydrogens (primary N) is 1. The van der Waals surface area contributed by atoms with Crippen LogP contribution in [0.2, 0.25) is 0 Å². The average Bonchev–Trinajstić information content (AvgIpc) is 2.32. The molecule has 0 radical (unpaired) electrons. The van der Waals surface area contributed by atoms with Crippen molar-refractivity contribution in [1.29, 1.82) is 0 Å². The molecule has 2 aromatic rings. The summed E-state index contributed by atoms with van der Waals surface area (Å²) in [4.78, 5) is 0. The van der Waals surface area contributed by atoms with E-state index < -0.39 is 0 Å². The predicted molar refractivity (Wildman–Crippen MR) is 63.7 cm³/mol. The summed E-state index contributed by atoms with van der Waals surface area (Å²) in [5, 5.41) is 0. The van der Waals surface area contributed by atoms with Gasteiger partial charge in [-0.3, -0.25) is 10.1 Å². The third-order valence-corrected chi connectivity index (χ3v) is 1.88. The van der Waals surface area contributed by atoms with Crippen LogP contribution >= 0.6 is 8.61 Å². The lowest BCUT2D eigenvalue weighted by Crippen LogP contribution is -1.73. The van der Waals surface area contributed by atoms with Crippen molar-refractivity contribution >= 4 is 8.61 Å². The molecular formula is C12H12NOP. The summed E-state index contributed by atoms with van der Waals surface area (Å²) in [6.07, 6.45) is 0. The van der Waals surface area contributed by atoms with Crippen molar-refractivity contribution in [3.63, 3.8) is 0 Å². The lowest BCUT2D eigenvalue weighted by atomic mass is 10.1. The maximum absolute atomic E-state index is 8.68. The van der Waals surface area contributed by atoms with Crippen LogP contribution in [0.15, 0.2) is 60.7 Å². The monoisotopic (exact) mass is 217 g/mol. The van der Waals surface area contributed by atoms with E-state index in [1.807, 2.05) is 12.1 Å². The molecule has 0 heterocycles. The summed E-state index contributed by atoms with van der Waals surface area (Å²) in [7, 11) is -0.333. The van der Waals surface area contributed by atoms with Crippen LogP contribution in [-0.4, -0.2) is 0 Å². The van der Waals surface area contributed by atoms with Crippen molar-refractivity contribution in [2.75, 3.05) is 0 Å². The Labute approximate surface area is 91.0 Å². The van der Waals surface area contributed by atoms with Crippen molar-refractivity contribution in [1.82, 2.24) is 0 Å². The highest BCUT2D eigenvalue weighted by molar-refractivity contribution is 7.20. The van der Waals surface area contributed by atoms with E-state index in [4.69, 9.17) is 4.57 Å². The Hall–Kier alpha value is -1.50. The fraction of sp³-hybridized carbons (Fsp3) is 0. The van der Waals surface area contributed by atoms with E-state index in [9.17, 15) is 0 Å². The first-order chi connectivity index (χ1) is 7.38. The van der Waals surface area contributed by atoms with Gasteiger partial charge in [0.1, 0.15) is 0 Å². The highest BCUT2D eigenvalue weighted by Crippen LogP contribution is 2.17. The zero-order chi connectivity index (χ0) is 10.9. The Morgan fingerprint density at radius 2 is 1.00 bits per heavy atom. The smallest absolute Gasteiger partial charge is 0.242 e. The van der Waals surface area contributed by atoms with Gasteiger partial charge >= 0.3 is 0 Å². The largest absolute Gasteiger partial charge is 0.256 e. The lowest BCUT2D eigenvalue weighted by molar-refractivity contribution is 0.599. The van der Waals surface area contributed by atoms with Crippen molar-refractivity contribution in [3.05, 3.63) is 60.7 Å². The minimum atomic E-state index is -0.333. The van der Waals surface area contributed by atoms with Gasteiger partial charge in [-0.25, -0.2) is 0 Å². The highest BCUT2D eigenvalue weighted by atomic mass is 31.1. The molecule has 0 unspecified atom stereocenters. The van der Waals surface area contributed by atoms with E-state index in [-0.39, 0.29) is 8.61 Å². The summed E-state index contributed by atoms with van der Waals surface area (Å²) in [5.41, 5.74) is 6.82. The van der Waals surface area contributed by atoms with Gasteiger partial charge in [-0.2, -0.15) is 0 Å². The standard InChI is InChI=1S/C12H10.H2NOP/c1-3-7-11(8-4-1)12-9-5-2-6-10-12;1-3-2/h1-10H;(H2,1,2). The molecule has 76 valence electrons. The minimum Gasteiger partial charge on any atom is -0.256 e. The first-order valence-electron chi connectivity index (χ1n) is 4.51. The average molecular weight is 217 g/mol. The normalized spacial score (nSPS) is 9.13. The van der Waals surface area contributed by atoms with Gasteiger partial charge < -0.3 is 0 Å². The van der Waals surface area contributed by atoms with Gasteiger partial charge in [0.05, 0.1) is 0 Å². The molecule has 2 nitrogen and oxygen atoms in total. The number of rotatable bonds is 1. The summed E-state index contributed by atoms with van der Waals surface area (Å²) in [5.74, 6) is 0. The third kappa shape index (κ3) is 4.03. The summed E-state index contributed by atoms with van der Waals surface area (Å²) < 4.78 is 8.68. The second-order valence-electron chi connectivity index (χ2n) is 2.84. The molecule has 2 rings (SSSR count). The van der Waals surface area contributed by atoms with Crippen molar-refractivity contribution in [2.24, 2.45) is 5.50 Å². The predicted octanol–water partition coefficient (Wildman–Crippen LogP) is 3.51. The van der Waals surface area contributed by atoms with E-state index in [1.54, 1.807) is 0 Å². The maximum Gasteiger partial charge on any atom is 0.242 e. The molecule has 0 spiro atoms. The van der Waals surface area contributed by atoms with Gasteiger partial charge in [-0.05, 0) is 11.1 Å². The van der Waals surface area contributed by atoms with Crippen LogP contribution in [0.5, 0.6) is 0 Å². The zero-order valence-electron chi connectivity index (χ0n) is 8.21. The van der Waals surface area contributed by atoms with Gasteiger partial charge in [0.25, 0.3) is 0 Å². The molecule has 15 heavy (non-hydrogen) atoms. The molecule has 0 fully saturated rings. The van der Waals surface area contributed by atoms with Crippen LogP contribution in [0.3, 0.4) is 0 Å². The van der Waals surface area contributed by atoms with Gasteiger partial charge in [0, 0.05) is 0 Å². The van der Waals surface area contributed by atoms with Gasteiger partial charge in [-0.15, -0.1) is 0 Å². The maximum atomic E-state index is 8.68. The van der Waals surface area contributed by atoms with E-state index in [1.165, 1.54) is 11.1 Å². The topological polar surface area (TPSA) is 43.1 Å². The molecule has 3 heteroatoms. The van der Waals surface area contributed by atoms with E-state index in [0.29, 0.717) is 0 Å². The van der Waals surface area contributed by atoms with Gasteiger partial charge in [-0.1, -0.05) is 60.7 Å². The second-order valence-corrected chi connectivity index (χ2v) is 3.05. The van der Waals surface area contributed by atoms with Crippen LogP contribution < -0.4 is 5.50 Å². The molecule has 0 aliphatic carbocycles. The number of hydrogen-bond donors (Lipinski definition) is 1. The van der Waals surface area contributed by atoms with Gasteiger partial charge in [0.15, 0.2) is 0 Å². The molecule has 2 aromatic carbocycles. The first kappa shape index (κ1) is 11.6. The molecule has 0 amide bonds. The number of hydrogen-bond acceptors (Lipinski definition) is 1. The third-order valence-electron chi connectivity index (χ3n) is 1.88. The summed E-state index contributed by atoms with van der Waals surface area (Å²) in [6.45, 7) is 0. The molecule has 0 aromatic heterocycles. The van der Waals surface area contributed by atoms with Crippen LogP contribution in [-0.2, 0) is 4.57 Å². The Morgan fingerprint density at radius 1 is 0.733 bits per heavy atom. The Bertz CT molecular complexity index is 351. The number of benzene rings is 2. The van der Waals surface area contributed by atoms with Crippen molar-refractivity contribution in [2.45, 2.75) is 0 Å². The van der Waals surface area contributed by atoms with Crippen molar-refractivity contribution in [3.8, 4) is 11.1 Å². The van der Waals surface area contributed by atoms with Gasteiger partial charge in [0.2, 0.25) is 8.61 Å². The molecule has 0 aliphatic heterocycles. The minimum absolute atomic E-state index is 0.333. The lowest BCUT2D eigenvalue weighted by Gasteiger charge is -1.98. The summed E-state index contributed by atoms with van der Waals surface area (Å²) >= 11 is 0. The van der Waals surface area contributed by atoms with Crippen LogP contribution in [0.25, 0.3) is 11.1 Å². The molecule has 0 saturated heterocycles. The molecule has 0 atom stereocenters. The molecule has 2 N–H and O–H groups in total. The molecule has 0 saturated carbocycles. The molecule has 0 aliphatic rings. The Kier molecular flexibility index (Phi) is 5.31. The van der Waals surface area contributed by atoms with Crippen LogP contribution in [0.4, 0.5) is 0 Å². The molecule has 0 bridgehead atoms. The Balaban J connectivity index is 0.000000337. The highest BCUT2D eigenvalue weighted by Gasteiger charge is 1.91. The summed E-state index contributed by atoms with van der Waals surface area (Å²) in [6, 6.07) is 20.8. The van der Waals surface area contributed by atoms with E-state index in [0.717, 1.165) is 0 Å².